The molecule has 3 rings (SSSR count). The van der Waals surface area contributed by atoms with E-state index in [4.69, 9.17) is 0 Å². The van der Waals surface area contributed by atoms with Gasteiger partial charge in [0.25, 0.3) is 0 Å². The fraction of sp³-hybridized carbons (Fsp3) is 0.333. The zero-order valence-corrected chi connectivity index (χ0v) is 15.3. The lowest BCUT2D eigenvalue weighted by atomic mass is 9.97. The van der Waals surface area contributed by atoms with Gasteiger partial charge in [0, 0.05) is 11.0 Å². The van der Waals surface area contributed by atoms with Crippen LogP contribution >= 0.6 is 11.3 Å². The summed E-state index contributed by atoms with van der Waals surface area (Å²) in [4.78, 5) is 13.5. The normalized spacial score (nSPS) is 14.4. The van der Waals surface area contributed by atoms with Gasteiger partial charge in [-0.1, -0.05) is 42.7 Å². The first-order valence-electron chi connectivity index (χ1n) is 8.78. The van der Waals surface area contributed by atoms with Gasteiger partial charge in [0.05, 0.1) is 5.56 Å². The summed E-state index contributed by atoms with van der Waals surface area (Å²) in [6, 6.07) is 10.3. The van der Waals surface area contributed by atoms with Gasteiger partial charge in [-0.2, -0.15) is 5.26 Å². The van der Waals surface area contributed by atoms with E-state index < -0.39 is 0 Å². The number of aryl methyl sites for hydroxylation is 2. The van der Waals surface area contributed by atoms with E-state index in [0.29, 0.717) is 10.6 Å². The van der Waals surface area contributed by atoms with E-state index >= 15 is 0 Å². The summed E-state index contributed by atoms with van der Waals surface area (Å²) < 4.78 is 0. The van der Waals surface area contributed by atoms with Gasteiger partial charge >= 0.3 is 0 Å². The van der Waals surface area contributed by atoms with Gasteiger partial charge in [0.2, 0.25) is 5.91 Å². The molecule has 0 bridgehead atoms. The number of rotatable bonds is 3. The average Bonchev–Trinajstić information content (AvgIpc) is 2.90. The number of fused-ring (bicyclic) bond motifs is 1. The van der Waals surface area contributed by atoms with Crippen molar-refractivity contribution in [3.8, 4) is 6.07 Å². The Bertz CT molecular complexity index is 825. The van der Waals surface area contributed by atoms with E-state index in [1.54, 1.807) is 17.4 Å². The number of hydrogen-bond acceptors (Lipinski definition) is 3. The number of benzene rings is 1. The van der Waals surface area contributed by atoms with Gasteiger partial charge in [0.15, 0.2) is 0 Å². The van der Waals surface area contributed by atoms with E-state index in [1.165, 1.54) is 35.8 Å². The fourth-order valence-corrected chi connectivity index (χ4v) is 4.37. The van der Waals surface area contributed by atoms with E-state index in [0.717, 1.165) is 30.4 Å². The number of nitrogens with one attached hydrogen (secondary N) is 1. The molecule has 0 atom stereocenters. The van der Waals surface area contributed by atoms with Gasteiger partial charge in [-0.15, -0.1) is 11.3 Å². The Kier molecular flexibility index (Phi) is 5.67. The number of anilines is 1. The molecule has 3 nitrogen and oxygen atoms in total. The molecule has 4 heteroatoms. The molecule has 1 aromatic carbocycles. The lowest BCUT2D eigenvalue weighted by molar-refractivity contribution is -0.111. The standard InChI is InChI=1S/C21H22N2OS/c1-15-8-10-16(11-9-15)12-13-20(24)23-21-18(14-22)17-6-4-2-3-5-7-19(17)25-21/h8-13H,2-7H2,1H3,(H,23,24)/b13-12+. The number of nitrogens with zero attached hydrogens (tertiary/aromatic N) is 1. The molecule has 1 aromatic heterocycles. The van der Waals surface area contributed by atoms with E-state index in [1.807, 2.05) is 31.2 Å². The summed E-state index contributed by atoms with van der Waals surface area (Å²) in [7, 11) is 0. The van der Waals surface area contributed by atoms with E-state index in [-0.39, 0.29) is 5.91 Å². The summed E-state index contributed by atoms with van der Waals surface area (Å²) in [5.74, 6) is -0.189. The van der Waals surface area contributed by atoms with Crippen molar-refractivity contribution in [1.82, 2.24) is 0 Å². The largest absolute Gasteiger partial charge is 0.313 e. The summed E-state index contributed by atoms with van der Waals surface area (Å²) in [5.41, 5.74) is 4.00. The topological polar surface area (TPSA) is 52.9 Å². The van der Waals surface area contributed by atoms with Crippen molar-refractivity contribution in [2.45, 2.75) is 45.4 Å². The minimum Gasteiger partial charge on any atom is -0.313 e. The lowest BCUT2D eigenvalue weighted by Gasteiger charge is -2.08. The van der Waals surface area contributed by atoms with Gasteiger partial charge in [-0.3, -0.25) is 4.79 Å². The van der Waals surface area contributed by atoms with Crippen molar-refractivity contribution in [3.05, 3.63) is 57.5 Å². The maximum Gasteiger partial charge on any atom is 0.249 e. The Labute approximate surface area is 153 Å². The molecule has 1 aliphatic carbocycles. The van der Waals surface area contributed by atoms with Crippen LogP contribution < -0.4 is 5.32 Å². The van der Waals surface area contributed by atoms with Crippen LogP contribution in [0.3, 0.4) is 0 Å². The van der Waals surface area contributed by atoms with E-state index in [2.05, 4.69) is 11.4 Å². The number of carbonyl (C=O) groups is 1. The quantitative estimate of drug-likeness (QED) is 0.770. The maximum absolute atomic E-state index is 12.3. The van der Waals surface area contributed by atoms with Crippen molar-refractivity contribution < 1.29 is 4.79 Å². The molecular weight excluding hydrogens is 328 g/mol. The predicted molar refractivity (Wildman–Crippen MR) is 104 cm³/mol. The highest BCUT2D eigenvalue weighted by Gasteiger charge is 2.19. The van der Waals surface area contributed by atoms with Crippen LogP contribution in [0, 0.1) is 18.3 Å². The first-order chi connectivity index (χ1) is 12.2. The van der Waals surface area contributed by atoms with Crippen molar-refractivity contribution in [2.24, 2.45) is 0 Å². The highest BCUT2D eigenvalue weighted by Crippen LogP contribution is 2.36. The third kappa shape index (κ3) is 4.37. The molecule has 0 saturated heterocycles. The Morgan fingerprint density at radius 3 is 2.60 bits per heavy atom. The Balaban J connectivity index is 1.75. The molecule has 0 radical (unpaired) electrons. The van der Waals surface area contributed by atoms with Crippen molar-refractivity contribution in [3.63, 3.8) is 0 Å². The average molecular weight is 350 g/mol. The van der Waals surface area contributed by atoms with Crippen LogP contribution in [0.15, 0.2) is 30.3 Å². The van der Waals surface area contributed by atoms with Gasteiger partial charge in [0.1, 0.15) is 11.1 Å². The fourth-order valence-electron chi connectivity index (χ4n) is 3.13. The third-order valence-electron chi connectivity index (χ3n) is 4.52. The minimum atomic E-state index is -0.189. The zero-order valence-electron chi connectivity index (χ0n) is 14.5. The molecule has 1 N–H and O–H groups in total. The van der Waals surface area contributed by atoms with Crippen LogP contribution in [0.2, 0.25) is 0 Å². The number of nitriles is 1. The highest BCUT2D eigenvalue weighted by atomic mass is 32.1. The molecule has 25 heavy (non-hydrogen) atoms. The number of thiophene rings is 1. The summed E-state index contributed by atoms with van der Waals surface area (Å²) in [6.07, 6.45) is 10.1. The van der Waals surface area contributed by atoms with Gasteiger partial charge in [-0.25, -0.2) is 0 Å². The molecule has 0 spiro atoms. The van der Waals surface area contributed by atoms with Crippen molar-refractivity contribution in [2.75, 3.05) is 5.32 Å². The monoisotopic (exact) mass is 350 g/mol. The third-order valence-corrected chi connectivity index (χ3v) is 5.73. The molecule has 0 unspecified atom stereocenters. The lowest BCUT2D eigenvalue weighted by Crippen LogP contribution is -2.07. The minimum absolute atomic E-state index is 0.189. The van der Waals surface area contributed by atoms with Crippen molar-refractivity contribution in [1.29, 1.82) is 5.26 Å². The van der Waals surface area contributed by atoms with Gasteiger partial charge < -0.3 is 5.32 Å². The van der Waals surface area contributed by atoms with Crippen LogP contribution in [0.4, 0.5) is 5.00 Å². The maximum atomic E-state index is 12.3. The van der Waals surface area contributed by atoms with E-state index in [9.17, 15) is 10.1 Å². The molecule has 2 aromatic rings. The SMILES string of the molecule is Cc1ccc(/C=C/C(=O)Nc2sc3c(c2C#N)CCCCCC3)cc1. The molecule has 0 fully saturated rings. The second-order valence-corrected chi connectivity index (χ2v) is 7.57. The van der Waals surface area contributed by atoms with Crippen LogP contribution in [0.5, 0.6) is 0 Å². The Morgan fingerprint density at radius 2 is 1.88 bits per heavy atom. The predicted octanol–water partition coefficient (Wildman–Crippen LogP) is 5.24. The Hall–Kier alpha value is -2.38. The number of carbonyl (C=O) groups excluding carboxylic acids is 1. The van der Waals surface area contributed by atoms with Gasteiger partial charge in [-0.05, 0) is 49.8 Å². The summed E-state index contributed by atoms with van der Waals surface area (Å²) >= 11 is 1.57. The highest BCUT2D eigenvalue weighted by molar-refractivity contribution is 7.16. The number of hydrogen-bond donors (Lipinski definition) is 1. The van der Waals surface area contributed by atoms with Crippen LogP contribution in [-0.2, 0) is 17.6 Å². The first kappa shape index (κ1) is 17.4. The number of amides is 1. The molecule has 1 heterocycles. The summed E-state index contributed by atoms with van der Waals surface area (Å²) in [6.45, 7) is 2.03. The van der Waals surface area contributed by atoms with Crippen LogP contribution in [0.25, 0.3) is 6.08 Å². The first-order valence-corrected chi connectivity index (χ1v) is 9.59. The second kappa shape index (κ2) is 8.13. The van der Waals surface area contributed by atoms with Crippen LogP contribution in [-0.4, -0.2) is 5.91 Å². The van der Waals surface area contributed by atoms with Crippen LogP contribution in [0.1, 0.15) is 52.8 Å². The molecule has 1 amide bonds. The molecule has 0 saturated carbocycles. The second-order valence-electron chi connectivity index (χ2n) is 6.47. The smallest absolute Gasteiger partial charge is 0.249 e. The van der Waals surface area contributed by atoms with Crippen molar-refractivity contribution >= 4 is 28.3 Å². The molecule has 128 valence electrons. The zero-order chi connectivity index (χ0) is 17.6. The molecule has 0 aliphatic heterocycles. The Morgan fingerprint density at radius 1 is 1.16 bits per heavy atom. The summed E-state index contributed by atoms with van der Waals surface area (Å²) in [5, 5.41) is 13.2. The molecule has 1 aliphatic rings. The molecular formula is C21H22N2OS.